The van der Waals surface area contributed by atoms with E-state index in [0.717, 1.165) is 12.1 Å². The van der Waals surface area contributed by atoms with Crippen LogP contribution >= 0.6 is 0 Å². The van der Waals surface area contributed by atoms with Crippen LogP contribution in [0.1, 0.15) is 19.4 Å². The molecule has 0 aliphatic rings. The highest BCUT2D eigenvalue weighted by molar-refractivity contribution is 5.42. The van der Waals surface area contributed by atoms with E-state index in [9.17, 15) is 5.11 Å². The van der Waals surface area contributed by atoms with Crippen molar-refractivity contribution < 1.29 is 19.3 Å². The normalized spacial score (nSPS) is 12.2. The molecule has 24 heavy (non-hydrogen) atoms. The van der Waals surface area contributed by atoms with Crippen molar-refractivity contribution in [3.8, 4) is 23.8 Å². The molecule has 5 nitrogen and oxygen atoms in total. The zero-order chi connectivity index (χ0) is 17.9. The molecule has 0 bridgehead atoms. The van der Waals surface area contributed by atoms with E-state index in [4.69, 9.17) is 20.6 Å². The molecule has 0 heterocycles. The minimum absolute atomic E-state index is 0.219. The van der Waals surface area contributed by atoms with Gasteiger partial charge in [0.05, 0.1) is 26.9 Å². The van der Waals surface area contributed by atoms with Gasteiger partial charge in [0.15, 0.2) is 11.5 Å². The summed E-state index contributed by atoms with van der Waals surface area (Å²) < 4.78 is 15.8. The van der Waals surface area contributed by atoms with Gasteiger partial charge in [-0.25, -0.2) is 0 Å². The van der Waals surface area contributed by atoms with Crippen molar-refractivity contribution in [2.45, 2.75) is 26.5 Å². The molecule has 0 spiro atoms. The van der Waals surface area contributed by atoms with Crippen LogP contribution in [0.15, 0.2) is 18.2 Å². The Kier molecular flexibility index (Phi) is 9.24. The summed E-state index contributed by atoms with van der Waals surface area (Å²) in [5, 5.41) is 10.1. The highest BCUT2D eigenvalue weighted by Crippen LogP contribution is 2.28. The average Bonchev–Trinajstić information content (AvgIpc) is 2.54. The summed E-state index contributed by atoms with van der Waals surface area (Å²) in [5.74, 6) is 4.30. The lowest BCUT2D eigenvalue weighted by molar-refractivity contribution is 0.0237. The predicted octanol–water partition coefficient (Wildman–Crippen LogP) is 2.17. The standard InChI is InChI=1S/C19H29NO4/c1-6-9-24-14-17(21)13-20(11-15(2)3)12-16-7-8-18(22-4)19(10-16)23-5/h1,7-8,10,15,17,21H,9,11-14H2,2-5H3/t17-/m1/s1. The van der Waals surface area contributed by atoms with Crippen LogP contribution in [-0.4, -0.2) is 56.6 Å². The third-order valence-corrected chi connectivity index (χ3v) is 3.44. The predicted molar refractivity (Wildman–Crippen MR) is 95.3 cm³/mol. The van der Waals surface area contributed by atoms with Gasteiger partial charge in [-0.05, 0) is 23.6 Å². The molecule has 0 aliphatic carbocycles. The molecular formula is C19H29NO4. The molecule has 0 amide bonds. The van der Waals surface area contributed by atoms with Gasteiger partial charge in [-0.15, -0.1) is 6.42 Å². The number of rotatable bonds is 11. The smallest absolute Gasteiger partial charge is 0.161 e. The zero-order valence-electron chi connectivity index (χ0n) is 15.1. The molecule has 134 valence electrons. The molecular weight excluding hydrogens is 306 g/mol. The van der Waals surface area contributed by atoms with E-state index in [1.54, 1.807) is 14.2 Å². The summed E-state index contributed by atoms with van der Waals surface area (Å²) >= 11 is 0. The molecule has 5 heteroatoms. The summed E-state index contributed by atoms with van der Waals surface area (Å²) in [6, 6.07) is 5.87. The van der Waals surface area contributed by atoms with Crippen molar-refractivity contribution in [2.75, 3.05) is 40.5 Å². The lowest BCUT2D eigenvalue weighted by Gasteiger charge is -2.27. The Balaban J connectivity index is 2.73. The van der Waals surface area contributed by atoms with Crippen LogP contribution in [0.25, 0.3) is 0 Å². The number of hydrogen-bond acceptors (Lipinski definition) is 5. The Morgan fingerprint density at radius 1 is 1.17 bits per heavy atom. The van der Waals surface area contributed by atoms with Gasteiger partial charge in [0, 0.05) is 19.6 Å². The molecule has 1 N–H and O–H groups in total. The SMILES string of the molecule is C#CCOC[C@H](O)CN(Cc1ccc(OC)c(OC)c1)CC(C)C. The van der Waals surface area contributed by atoms with Crippen LogP contribution in [-0.2, 0) is 11.3 Å². The summed E-state index contributed by atoms with van der Waals surface area (Å²) in [4.78, 5) is 2.20. The number of benzene rings is 1. The molecule has 0 aliphatic heterocycles. The molecule has 1 aromatic carbocycles. The van der Waals surface area contributed by atoms with Crippen LogP contribution in [0.5, 0.6) is 11.5 Å². The molecule has 0 radical (unpaired) electrons. The molecule has 0 saturated heterocycles. The van der Waals surface area contributed by atoms with Gasteiger partial charge in [-0.1, -0.05) is 25.8 Å². The van der Waals surface area contributed by atoms with Crippen LogP contribution in [0, 0.1) is 18.3 Å². The van der Waals surface area contributed by atoms with Gasteiger partial charge in [0.1, 0.15) is 6.61 Å². The van der Waals surface area contributed by atoms with E-state index in [-0.39, 0.29) is 13.2 Å². The van der Waals surface area contributed by atoms with Crippen molar-refractivity contribution in [2.24, 2.45) is 5.92 Å². The van der Waals surface area contributed by atoms with Crippen molar-refractivity contribution in [3.05, 3.63) is 23.8 Å². The molecule has 1 aromatic rings. The second-order valence-corrected chi connectivity index (χ2v) is 6.15. The van der Waals surface area contributed by atoms with Gasteiger partial charge in [-0.2, -0.15) is 0 Å². The van der Waals surface area contributed by atoms with Crippen LogP contribution in [0.2, 0.25) is 0 Å². The summed E-state index contributed by atoms with van der Waals surface area (Å²) in [6.45, 7) is 6.88. The van der Waals surface area contributed by atoms with Crippen molar-refractivity contribution in [1.29, 1.82) is 0 Å². The average molecular weight is 335 g/mol. The number of ether oxygens (including phenoxy) is 3. The van der Waals surface area contributed by atoms with E-state index >= 15 is 0 Å². The Morgan fingerprint density at radius 2 is 1.88 bits per heavy atom. The summed E-state index contributed by atoms with van der Waals surface area (Å²) in [5.41, 5.74) is 1.10. The maximum atomic E-state index is 10.1. The fourth-order valence-corrected chi connectivity index (χ4v) is 2.56. The second-order valence-electron chi connectivity index (χ2n) is 6.15. The van der Waals surface area contributed by atoms with E-state index in [0.29, 0.717) is 30.5 Å². The van der Waals surface area contributed by atoms with Crippen LogP contribution in [0.3, 0.4) is 0 Å². The second kappa shape index (κ2) is 10.9. The van der Waals surface area contributed by atoms with E-state index in [2.05, 4.69) is 24.7 Å². The number of hydrogen-bond donors (Lipinski definition) is 1. The minimum atomic E-state index is -0.572. The fraction of sp³-hybridized carbons (Fsp3) is 0.579. The summed E-state index contributed by atoms with van der Waals surface area (Å²) in [6.07, 6.45) is 4.57. The highest BCUT2D eigenvalue weighted by Gasteiger charge is 2.15. The van der Waals surface area contributed by atoms with E-state index in [1.807, 2.05) is 18.2 Å². The van der Waals surface area contributed by atoms with Gasteiger partial charge in [-0.3, -0.25) is 4.90 Å². The van der Waals surface area contributed by atoms with E-state index in [1.165, 1.54) is 0 Å². The van der Waals surface area contributed by atoms with Crippen molar-refractivity contribution >= 4 is 0 Å². The lowest BCUT2D eigenvalue weighted by Crippen LogP contribution is -2.36. The Labute approximate surface area is 145 Å². The Hall–Kier alpha value is -1.74. The largest absolute Gasteiger partial charge is 0.493 e. The van der Waals surface area contributed by atoms with Gasteiger partial charge in [0.2, 0.25) is 0 Å². The van der Waals surface area contributed by atoms with Gasteiger partial charge < -0.3 is 19.3 Å². The fourth-order valence-electron chi connectivity index (χ4n) is 2.56. The van der Waals surface area contributed by atoms with Gasteiger partial charge >= 0.3 is 0 Å². The third kappa shape index (κ3) is 7.22. The quantitative estimate of drug-likeness (QED) is 0.496. The number of aliphatic hydroxyl groups excluding tert-OH is 1. The number of terminal acetylenes is 1. The highest BCUT2D eigenvalue weighted by atomic mass is 16.5. The van der Waals surface area contributed by atoms with Crippen molar-refractivity contribution in [3.63, 3.8) is 0 Å². The maximum Gasteiger partial charge on any atom is 0.161 e. The molecule has 0 aromatic heterocycles. The molecule has 0 fully saturated rings. The molecule has 1 atom stereocenters. The van der Waals surface area contributed by atoms with Crippen LogP contribution < -0.4 is 9.47 Å². The number of aliphatic hydroxyl groups is 1. The topological polar surface area (TPSA) is 51.2 Å². The Bertz CT molecular complexity index is 525. The molecule has 1 rings (SSSR count). The first-order valence-corrected chi connectivity index (χ1v) is 8.12. The first-order chi connectivity index (χ1) is 11.5. The zero-order valence-corrected chi connectivity index (χ0v) is 15.1. The minimum Gasteiger partial charge on any atom is -0.493 e. The lowest BCUT2D eigenvalue weighted by atomic mass is 10.1. The van der Waals surface area contributed by atoms with Gasteiger partial charge in [0.25, 0.3) is 0 Å². The maximum absolute atomic E-state index is 10.1. The third-order valence-electron chi connectivity index (χ3n) is 3.44. The first-order valence-electron chi connectivity index (χ1n) is 8.12. The molecule has 0 saturated carbocycles. The Morgan fingerprint density at radius 3 is 2.46 bits per heavy atom. The van der Waals surface area contributed by atoms with Crippen LogP contribution in [0.4, 0.5) is 0 Å². The van der Waals surface area contributed by atoms with E-state index < -0.39 is 6.10 Å². The first kappa shape index (κ1) is 20.3. The number of methoxy groups -OCH3 is 2. The molecule has 0 unspecified atom stereocenters. The monoisotopic (exact) mass is 335 g/mol. The van der Waals surface area contributed by atoms with Crippen molar-refractivity contribution in [1.82, 2.24) is 4.90 Å². The summed E-state index contributed by atoms with van der Waals surface area (Å²) in [7, 11) is 3.25. The number of nitrogens with zero attached hydrogens (tertiary/aromatic N) is 1.